The maximum absolute atomic E-state index is 11.2. The Morgan fingerprint density at radius 3 is 3.17 bits per heavy atom. The molecule has 0 aromatic carbocycles. The number of carbonyl (C=O) groups is 1. The lowest BCUT2D eigenvalue weighted by Gasteiger charge is -2.32. The predicted octanol–water partition coefficient (Wildman–Crippen LogP) is -0.949. The van der Waals surface area contributed by atoms with Gasteiger partial charge in [-0.1, -0.05) is 11.6 Å². The highest BCUT2D eigenvalue weighted by atomic mass is 35.5. The minimum atomic E-state index is -0.249. The van der Waals surface area contributed by atoms with E-state index in [0.717, 1.165) is 0 Å². The molecule has 0 radical (unpaired) electrons. The van der Waals surface area contributed by atoms with Crippen LogP contribution in [0.5, 0.6) is 0 Å². The van der Waals surface area contributed by atoms with Crippen molar-refractivity contribution in [3.63, 3.8) is 0 Å². The Kier molecular flexibility index (Phi) is 1.86. The fourth-order valence-electron chi connectivity index (χ4n) is 1.57. The average Bonchev–Trinajstić information content (AvgIpc) is 2.31. The Morgan fingerprint density at radius 1 is 1.67 bits per heavy atom. The van der Waals surface area contributed by atoms with Gasteiger partial charge in [-0.15, -0.1) is 0 Å². The molecule has 12 heavy (non-hydrogen) atoms. The van der Waals surface area contributed by atoms with E-state index in [4.69, 9.17) is 11.6 Å². The molecule has 6 heteroatoms. The molecule has 2 aliphatic heterocycles. The summed E-state index contributed by atoms with van der Waals surface area (Å²) < 4.78 is 0. The first-order chi connectivity index (χ1) is 5.68. The monoisotopic (exact) mass is 190 g/mol. The Hall–Kier alpha value is -0.520. The van der Waals surface area contributed by atoms with E-state index in [2.05, 4.69) is 16.0 Å². The number of nitrogens with one attached hydrogen (secondary N) is 3. The van der Waals surface area contributed by atoms with Gasteiger partial charge in [-0.2, -0.15) is 0 Å². The lowest BCUT2D eigenvalue weighted by molar-refractivity contribution is 0.193. The Bertz CT molecular complexity index is 212. The van der Waals surface area contributed by atoms with Gasteiger partial charge in [0.25, 0.3) is 0 Å². The Morgan fingerprint density at radius 2 is 2.42 bits per heavy atom. The zero-order valence-electron chi connectivity index (χ0n) is 6.67. The Balaban J connectivity index is 2.10. The summed E-state index contributed by atoms with van der Waals surface area (Å²) in [7, 11) is 1.75. The molecule has 2 aliphatic rings. The fourth-order valence-corrected chi connectivity index (χ4v) is 1.78. The highest BCUT2D eigenvalue weighted by Gasteiger charge is 2.40. The SMILES string of the molecule is CN1C(=O)NC2CNC(Cl)NC21. The second-order valence-corrected chi connectivity index (χ2v) is 3.49. The van der Waals surface area contributed by atoms with Gasteiger partial charge in [0.2, 0.25) is 0 Å². The minimum Gasteiger partial charge on any atom is -0.330 e. The third-order valence-corrected chi connectivity index (χ3v) is 2.54. The number of halogens is 1. The summed E-state index contributed by atoms with van der Waals surface area (Å²) in [5.74, 6) is 0. The van der Waals surface area contributed by atoms with Crippen LogP contribution in [0.3, 0.4) is 0 Å². The van der Waals surface area contributed by atoms with Crippen LogP contribution in [0.1, 0.15) is 0 Å². The van der Waals surface area contributed by atoms with Crippen LogP contribution in [0.25, 0.3) is 0 Å². The first-order valence-electron chi connectivity index (χ1n) is 3.85. The molecular formula is C6H11ClN4O. The van der Waals surface area contributed by atoms with Crippen LogP contribution in [-0.4, -0.2) is 42.4 Å². The lowest BCUT2D eigenvalue weighted by Crippen LogP contribution is -2.62. The zero-order chi connectivity index (χ0) is 8.72. The number of alkyl halides is 1. The number of urea groups is 1. The molecule has 2 rings (SSSR count). The van der Waals surface area contributed by atoms with Crippen molar-refractivity contribution in [2.75, 3.05) is 13.6 Å². The fraction of sp³-hybridized carbons (Fsp3) is 0.833. The molecule has 0 bridgehead atoms. The van der Waals surface area contributed by atoms with Gasteiger partial charge in [0.15, 0.2) is 0 Å². The van der Waals surface area contributed by atoms with Gasteiger partial charge < -0.3 is 10.2 Å². The average molecular weight is 191 g/mol. The summed E-state index contributed by atoms with van der Waals surface area (Å²) in [5.41, 5.74) is -0.249. The highest BCUT2D eigenvalue weighted by molar-refractivity contribution is 6.20. The van der Waals surface area contributed by atoms with Crippen LogP contribution in [0.2, 0.25) is 0 Å². The van der Waals surface area contributed by atoms with Crippen LogP contribution in [0.4, 0.5) is 4.79 Å². The number of amides is 2. The van der Waals surface area contributed by atoms with E-state index in [1.54, 1.807) is 11.9 Å². The molecule has 2 amide bonds. The van der Waals surface area contributed by atoms with Crippen molar-refractivity contribution in [2.24, 2.45) is 0 Å². The molecule has 5 nitrogen and oxygen atoms in total. The molecule has 0 saturated carbocycles. The van der Waals surface area contributed by atoms with Crippen LogP contribution in [0.15, 0.2) is 0 Å². The van der Waals surface area contributed by atoms with Crippen molar-refractivity contribution in [3.8, 4) is 0 Å². The minimum absolute atomic E-state index is 0.0150. The number of hydrogen-bond acceptors (Lipinski definition) is 3. The summed E-state index contributed by atoms with van der Waals surface area (Å²) in [4.78, 5) is 12.8. The number of likely N-dealkylation sites (N-methyl/N-ethyl adjacent to an activating group) is 1. The molecule has 0 aromatic heterocycles. The molecule has 3 N–H and O–H groups in total. The van der Waals surface area contributed by atoms with E-state index < -0.39 is 0 Å². The van der Waals surface area contributed by atoms with Crippen molar-refractivity contribution in [1.29, 1.82) is 0 Å². The zero-order valence-corrected chi connectivity index (χ0v) is 7.43. The highest BCUT2D eigenvalue weighted by Crippen LogP contribution is 2.12. The number of carbonyl (C=O) groups excluding carboxylic acids is 1. The summed E-state index contributed by atoms with van der Waals surface area (Å²) in [6, 6.07) is 0.0718. The van der Waals surface area contributed by atoms with Crippen molar-refractivity contribution in [3.05, 3.63) is 0 Å². The molecule has 2 heterocycles. The van der Waals surface area contributed by atoms with Gasteiger partial charge in [0, 0.05) is 13.6 Å². The van der Waals surface area contributed by atoms with Crippen LogP contribution >= 0.6 is 11.6 Å². The van der Waals surface area contributed by atoms with Crippen molar-refractivity contribution in [2.45, 2.75) is 17.8 Å². The molecule has 68 valence electrons. The molecule has 0 aliphatic carbocycles. The Labute approximate surface area is 75.4 Å². The smallest absolute Gasteiger partial charge is 0.318 e. The van der Waals surface area contributed by atoms with E-state index >= 15 is 0 Å². The largest absolute Gasteiger partial charge is 0.330 e. The van der Waals surface area contributed by atoms with Gasteiger partial charge in [0.1, 0.15) is 11.8 Å². The molecule has 0 spiro atoms. The van der Waals surface area contributed by atoms with E-state index in [-0.39, 0.29) is 23.9 Å². The molecule has 0 aromatic rings. The summed E-state index contributed by atoms with van der Waals surface area (Å²) in [6.45, 7) is 0.710. The van der Waals surface area contributed by atoms with Gasteiger partial charge in [-0.3, -0.25) is 10.6 Å². The standard InChI is InChI=1S/C6H11ClN4O/c1-11-4-3(9-6(11)12)2-8-5(7)10-4/h3-5,8,10H,2H2,1H3,(H,9,12). The molecule has 3 unspecified atom stereocenters. The topological polar surface area (TPSA) is 56.4 Å². The van der Waals surface area contributed by atoms with Gasteiger partial charge in [0.05, 0.1) is 6.04 Å². The van der Waals surface area contributed by atoms with Crippen LogP contribution < -0.4 is 16.0 Å². The van der Waals surface area contributed by atoms with Gasteiger partial charge in [-0.05, 0) is 0 Å². The predicted molar refractivity (Wildman–Crippen MR) is 44.7 cm³/mol. The van der Waals surface area contributed by atoms with Crippen LogP contribution in [-0.2, 0) is 0 Å². The number of rotatable bonds is 0. The second-order valence-electron chi connectivity index (χ2n) is 3.05. The first-order valence-corrected chi connectivity index (χ1v) is 4.29. The number of fused-ring (bicyclic) bond motifs is 1. The molecule has 2 saturated heterocycles. The van der Waals surface area contributed by atoms with Crippen molar-refractivity contribution < 1.29 is 4.79 Å². The van der Waals surface area contributed by atoms with E-state index in [0.29, 0.717) is 6.54 Å². The maximum Gasteiger partial charge on any atom is 0.318 e. The third-order valence-electron chi connectivity index (χ3n) is 2.26. The molecular weight excluding hydrogens is 180 g/mol. The third kappa shape index (κ3) is 1.14. The normalized spacial score (nSPS) is 41.0. The van der Waals surface area contributed by atoms with Crippen molar-refractivity contribution >= 4 is 17.6 Å². The van der Waals surface area contributed by atoms with E-state index in [9.17, 15) is 4.79 Å². The second kappa shape index (κ2) is 2.76. The summed E-state index contributed by atoms with van der Waals surface area (Å²) >= 11 is 5.81. The number of nitrogens with zero attached hydrogens (tertiary/aromatic N) is 1. The quantitative estimate of drug-likeness (QED) is 0.341. The van der Waals surface area contributed by atoms with E-state index in [1.807, 2.05) is 0 Å². The number of hydrogen-bond donors (Lipinski definition) is 3. The summed E-state index contributed by atoms with van der Waals surface area (Å²) in [6.07, 6.45) is 0.0150. The molecule has 2 fully saturated rings. The first kappa shape index (κ1) is 8.10. The van der Waals surface area contributed by atoms with Gasteiger partial charge in [-0.25, -0.2) is 4.79 Å². The maximum atomic E-state index is 11.2. The van der Waals surface area contributed by atoms with E-state index in [1.165, 1.54) is 0 Å². The van der Waals surface area contributed by atoms with Crippen molar-refractivity contribution in [1.82, 2.24) is 20.9 Å². The molecule has 3 atom stereocenters. The lowest BCUT2D eigenvalue weighted by atomic mass is 10.2. The van der Waals surface area contributed by atoms with Gasteiger partial charge >= 0.3 is 6.03 Å². The summed E-state index contributed by atoms with van der Waals surface area (Å²) in [5, 5.41) is 8.89. The van der Waals surface area contributed by atoms with Crippen LogP contribution in [0, 0.1) is 0 Å².